The Bertz CT molecular complexity index is 864. The molecule has 1 saturated heterocycles. The SMILES string of the molecule is Cc1cc(C)c(Nc2nc(N[C@H]3CCNC3)nc(N(C)CC(C)C)n2)cc1N=O. The van der Waals surface area contributed by atoms with Crippen LogP contribution < -0.4 is 20.9 Å². The van der Waals surface area contributed by atoms with E-state index in [4.69, 9.17) is 0 Å². The number of benzene rings is 1. The summed E-state index contributed by atoms with van der Waals surface area (Å²) in [5.74, 6) is 2.05. The van der Waals surface area contributed by atoms with E-state index in [0.717, 1.165) is 42.9 Å². The Hall–Kier alpha value is -2.81. The van der Waals surface area contributed by atoms with Crippen molar-refractivity contribution in [1.82, 2.24) is 20.3 Å². The normalized spacial score (nSPS) is 16.1. The van der Waals surface area contributed by atoms with Crippen molar-refractivity contribution >= 4 is 29.2 Å². The first kappa shape index (κ1) is 20.9. The van der Waals surface area contributed by atoms with Crippen LogP contribution in [0.15, 0.2) is 17.3 Å². The van der Waals surface area contributed by atoms with Crippen molar-refractivity contribution < 1.29 is 0 Å². The Morgan fingerprint density at radius 2 is 1.97 bits per heavy atom. The first-order valence-corrected chi connectivity index (χ1v) is 10.0. The summed E-state index contributed by atoms with van der Waals surface area (Å²) in [7, 11) is 1.98. The Kier molecular flexibility index (Phi) is 6.58. The summed E-state index contributed by atoms with van der Waals surface area (Å²) in [4.78, 5) is 26.9. The molecule has 1 aromatic heterocycles. The lowest BCUT2D eigenvalue weighted by Crippen LogP contribution is -2.27. The third-order valence-electron chi connectivity index (χ3n) is 4.89. The fourth-order valence-corrected chi connectivity index (χ4v) is 3.44. The largest absolute Gasteiger partial charge is 0.350 e. The number of rotatable bonds is 8. The molecule has 3 N–H and O–H groups in total. The molecule has 9 nitrogen and oxygen atoms in total. The number of anilines is 4. The molecule has 0 spiro atoms. The molecule has 0 saturated carbocycles. The molecular formula is C20H30N8O. The third-order valence-corrected chi connectivity index (χ3v) is 4.89. The van der Waals surface area contributed by atoms with E-state index in [-0.39, 0.29) is 0 Å². The second kappa shape index (κ2) is 9.13. The number of nitroso groups, excluding NO2 is 1. The van der Waals surface area contributed by atoms with Crippen LogP contribution in [0, 0.1) is 24.7 Å². The van der Waals surface area contributed by atoms with Crippen molar-refractivity contribution in [2.24, 2.45) is 11.1 Å². The van der Waals surface area contributed by atoms with Gasteiger partial charge in [-0.25, -0.2) is 0 Å². The minimum atomic E-state index is 0.292. The van der Waals surface area contributed by atoms with Gasteiger partial charge in [0.25, 0.3) is 0 Å². The molecule has 0 radical (unpaired) electrons. The zero-order chi connectivity index (χ0) is 21.0. The van der Waals surface area contributed by atoms with Crippen LogP contribution in [0.25, 0.3) is 0 Å². The third kappa shape index (κ3) is 5.38. The molecule has 2 heterocycles. The predicted octanol–water partition coefficient (Wildman–Crippen LogP) is 3.50. The van der Waals surface area contributed by atoms with Crippen LogP contribution >= 0.6 is 0 Å². The van der Waals surface area contributed by atoms with Crippen molar-refractivity contribution in [1.29, 1.82) is 0 Å². The number of nitrogens with one attached hydrogen (secondary N) is 3. The highest BCUT2D eigenvalue weighted by Gasteiger charge is 2.18. The van der Waals surface area contributed by atoms with Gasteiger partial charge < -0.3 is 20.9 Å². The van der Waals surface area contributed by atoms with Gasteiger partial charge in [-0.05, 0) is 55.1 Å². The second-order valence-corrected chi connectivity index (χ2v) is 8.06. The van der Waals surface area contributed by atoms with Crippen LogP contribution in [-0.4, -0.2) is 47.7 Å². The molecule has 0 aliphatic carbocycles. The highest BCUT2D eigenvalue weighted by Crippen LogP contribution is 2.29. The summed E-state index contributed by atoms with van der Waals surface area (Å²) >= 11 is 0. The molecule has 2 aromatic rings. The van der Waals surface area contributed by atoms with Gasteiger partial charge in [0.15, 0.2) is 0 Å². The van der Waals surface area contributed by atoms with Crippen LogP contribution in [0.2, 0.25) is 0 Å². The van der Waals surface area contributed by atoms with Gasteiger partial charge in [0.2, 0.25) is 17.8 Å². The van der Waals surface area contributed by atoms with Crippen molar-refractivity contribution in [3.05, 3.63) is 28.2 Å². The lowest BCUT2D eigenvalue weighted by molar-refractivity contribution is 0.629. The molecule has 1 aromatic carbocycles. The average Bonchev–Trinajstić information content (AvgIpc) is 3.16. The van der Waals surface area contributed by atoms with E-state index in [2.05, 4.69) is 49.9 Å². The molecular weight excluding hydrogens is 368 g/mol. The van der Waals surface area contributed by atoms with E-state index in [1.807, 2.05) is 31.9 Å². The quantitative estimate of drug-likeness (QED) is 0.580. The maximum absolute atomic E-state index is 11.1. The van der Waals surface area contributed by atoms with Crippen molar-refractivity contribution in [3.8, 4) is 0 Å². The summed E-state index contributed by atoms with van der Waals surface area (Å²) in [5, 5.41) is 13.1. The molecule has 1 aliphatic heterocycles. The lowest BCUT2D eigenvalue weighted by atomic mass is 10.1. The maximum atomic E-state index is 11.1. The van der Waals surface area contributed by atoms with Gasteiger partial charge in [-0.1, -0.05) is 19.9 Å². The number of hydrogen-bond acceptors (Lipinski definition) is 9. The monoisotopic (exact) mass is 398 g/mol. The molecule has 9 heteroatoms. The Morgan fingerprint density at radius 3 is 2.62 bits per heavy atom. The van der Waals surface area contributed by atoms with E-state index in [9.17, 15) is 4.91 Å². The highest BCUT2D eigenvalue weighted by atomic mass is 16.3. The van der Waals surface area contributed by atoms with Crippen molar-refractivity contribution in [3.63, 3.8) is 0 Å². The fraction of sp³-hybridized carbons (Fsp3) is 0.550. The zero-order valence-electron chi connectivity index (χ0n) is 17.8. The molecule has 1 atom stereocenters. The maximum Gasteiger partial charge on any atom is 0.233 e. The first-order valence-electron chi connectivity index (χ1n) is 10.0. The molecule has 1 aliphatic rings. The number of hydrogen-bond donors (Lipinski definition) is 3. The summed E-state index contributed by atoms with van der Waals surface area (Å²) in [6.45, 7) is 10.9. The minimum absolute atomic E-state index is 0.292. The second-order valence-electron chi connectivity index (χ2n) is 8.06. The standard InChI is InChI=1S/C20H30N8O/c1-12(2)11-28(5)20-25-18(22-15-6-7-21-10-15)24-19(26-20)23-16-9-17(27-29)14(4)8-13(16)3/h8-9,12,15,21H,6-7,10-11H2,1-5H3,(H2,22,23,24,25,26)/t15-/m0/s1. The Balaban J connectivity index is 1.92. The van der Waals surface area contributed by atoms with Crippen molar-refractivity contribution in [2.45, 2.75) is 40.2 Å². The van der Waals surface area contributed by atoms with Crippen LogP contribution in [-0.2, 0) is 0 Å². The molecule has 29 heavy (non-hydrogen) atoms. The van der Waals surface area contributed by atoms with Crippen LogP contribution in [0.5, 0.6) is 0 Å². The predicted molar refractivity (Wildman–Crippen MR) is 117 cm³/mol. The summed E-state index contributed by atoms with van der Waals surface area (Å²) < 4.78 is 0. The molecule has 0 bridgehead atoms. The van der Waals surface area contributed by atoms with Crippen LogP contribution in [0.3, 0.4) is 0 Å². The van der Waals surface area contributed by atoms with Gasteiger partial charge in [-0.3, -0.25) is 0 Å². The number of aromatic nitrogens is 3. The highest BCUT2D eigenvalue weighted by molar-refractivity contribution is 5.67. The molecule has 0 unspecified atom stereocenters. The average molecular weight is 399 g/mol. The van der Waals surface area contributed by atoms with Crippen LogP contribution in [0.1, 0.15) is 31.4 Å². The topological polar surface area (TPSA) is 107 Å². The summed E-state index contributed by atoms with van der Waals surface area (Å²) in [6.07, 6.45) is 1.02. The van der Waals surface area contributed by atoms with E-state index in [1.165, 1.54) is 0 Å². The van der Waals surface area contributed by atoms with Crippen molar-refractivity contribution in [2.75, 3.05) is 42.2 Å². The summed E-state index contributed by atoms with van der Waals surface area (Å²) in [5.41, 5.74) is 2.98. The van der Waals surface area contributed by atoms with E-state index >= 15 is 0 Å². The van der Waals surface area contributed by atoms with Crippen LogP contribution in [0.4, 0.5) is 29.2 Å². The van der Waals surface area contributed by atoms with Gasteiger partial charge in [-0.2, -0.15) is 15.0 Å². The number of aryl methyl sites for hydroxylation is 2. The first-order chi connectivity index (χ1) is 13.9. The van der Waals surface area contributed by atoms with Gasteiger partial charge >= 0.3 is 0 Å². The summed E-state index contributed by atoms with van der Waals surface area (Å²) in [6, 6.07) is 3.95. The molecule has 1 fully saturated rings. The van der Waals surface area contributed by atoms with E-state index in [0.29, 0.717) is 35.5 Å². The van der Waals surface area contributed by atoms with Gasteiger partial charge in [0.1, 0.15) is 5.69 Å². The zero-order valence-corrected chi connectivity index (χ0v) is 17.8. The number of nitrogens with zero attached hydrogens (tertiary/aromatic N) is 5. The van der Waals surface area contributed by atoms with Gasteiger partial charge in [0, 0.05) is 31.9 Å². The van der Waals surface area contributed by atoms with Gasteiger partial charge in [0.05, 0.1) is 0 Å². The molecule has 3 rings (SSSR count). The van der Waals surface area contributed by atoms with E-state index in [1.54, 1.807) is 6.07 Å². The smallest absolute Gasteiger partial charge is 0.233 e. The van der Waals surface area contributed by atoms with E-state index < -0.39 is 0 Å². The molecule has 156 valence electrons. The Morgan fingerprint density at radius 1 is 1.21 bits per heavy atom. The Labute approximate surface area is 171 Å². The fourth-order valence-electron chi connectivity index (χ4n) is 3.44. The minimum Gasteiger partial charge on any atom is -0.350 e. The van der Waals surface area contributed by atoms with Gasteiger partial charge in [-0.15, -0.1) is 4.91 Å². The molecule has 0 amide bonds. The lowest BCUT2D eigenvalue weighted by Gasteiger charge is -2.21.